The molecule has 0 amide bonds. The normalized spacial score (nSPS) is 14.3. The van der Waals surface area contributed by atoms with Gasteiger partial charge in [0.25, 0.3) is 8.32 Å². The summed E-state index contributed by atoms with van der Waals surface area (Å²) >= 11 is 0. The van der Waals surface area contributed by atoms with E-state index >= 15 is 0 Å². The van der Waals surface area contributed by atoms with Crippen LogP contribution in [0.4, 0.5) is 0 Å². The largest absolute Gasteiger partial charge is 0.417 e. The second kappa shape index (κ2) is 10.2. The maximum atomic E-state index is 12.8. The molecule has 0 aliphatic heterocycles. The van der Waals surface area contributed by atoms with E-state index in [2.05, 4.69) is 103 Å². The fourth-order valence-corrected chi connectivity index (χ4v) is 9.67. The number of carbonyl (C=O) groups excluding carboxylic acids is 1. The number of rotatable bonds is 9. The van der Waals surface area contributed by atoms with Crippen molar-refractivity contribution in [3.05, 3.63) is 60.7 Å². The van der Waals surface area contributed by atoms with Gasteiger partial charge in [0.05, 0.1) is 0 Å². The first-order chi connectivity index (χ1) is 14.7. The van der Waals surface area contributed by atoms with Gasteiger partial charge in [-0.2, -0.15) is 0 Å². The molecule has 0 spiro atoms. The van der Waals surface area contributed by atoms with Crippen molar-refractivity contribution in [3.63, 3.8) is 0 Å². The molecule has 0 aromatic heterocycles. The molecule has 176 valence electrons. The van der Waals surface area contributed by atoms with Crippen LogP contribution >= 0.6 is 0 Å². The van der Waals surface area contributed by atoms with Crippen LogP contribution in [0.3, 0.4) is 0 Å². The Hall–Kier alpha value is -1.54. The maximum Gasteiger partial charge on any atom is 0.262 e. The van der Waals surface area contributed by atoms with Crippen LogP contribution in [-0.2, 0) is 13.6 Å². The fourth-order valence-electron chi connectivity index (χ4n) is 3.89. The van der Waals surface area contributed by atoms with Crippen molar-refractivity contribution in [1.29, 1.82) is 0 Å². The van der Waals surface area contributed by atoms with Crippen LogP contribution < -0.4 is 10.4 Å². The Morgan fingerprint density at radius 2 is 1.25 bits per heavy atom. The topological polar surface area (TPSA) is 35.5 Å². The molecule has 3 nitrogen and oxygen atoms in total. The van der Waals surface area contributed by atoms with Crippen molar-refractivity contribution in [2.75, 3.05) is 6.61 Å². The molecule has 32 heavy (non-hydrogen) atoms. The molecule has 0 heterocycles. The minimum Gasteiger partial charge on any atom is -0.417 e. The number of Topliss-reactive ketones (excluding diaryl/α,β-unsaturated/α-hetero) is 1. The smallest absolute Gasteiger partial charge is 0.262 e. The van der Waals surface area contributed by atoms with Crippen molar-refractivity contribution in [2.24, 2.45) is 0 Å². The first kappa shape index (κ1) is 26.7. The average molecular weight is 471 g/mol. The van der Waals surface area contributed by atoms with E-state index in [-0.39, 0.29) is 15.9 Å². The Morgan fingerprint density at radius 1 is 0.812 bits per heavy atom. The van der Waals surface area contributed by atoms with Crippen LogP contribution in [0, 0.1) is 0 Å². The first-order valence-electron chi connectivity index (χ1n) is 11.7. The van der Waals surface area contributed by atoms with Crippen LogP contribution in [0.5, 0.6) is 0 Å². The monoisotopic (exact) mass is 470 g/mol. The van der Waals surface area contributed by atoms with Crippen molar-refractivity contribution < 1.29 is 13.6 Å². The quantitative estimate of drug-likeness (QED) is 0.426. The third-order valence-electron chi connectivity index (χ3n) is 6.84. The molecule has 0 aliphatic rings. The summed E-state index contributed by atoms with van der Waals surface area (Å²) in [7, 11) is -4.66. The van der Waals surface area contributed by atoms with E-state index in [1.54, 1.807) is 6.92 Å². The lowest BCUT2D eigenvalue weighted by Gasteiger charge is -2.45. The van der Waals surface area contributed by atoms with E-state index in [4.69, 9.17) is 8.85 Å². The lowest BCUT2D eigenvalue weighted by atomic mass is 10.2. The molecule has 0 radical (unpaired) electrons. The summed E-state index contributed by atoms with van der Waals surface area (Å²) in [5.74, 6) is 0.0665. The zero-order chi connectivity index (χ0) is 24.2. The van der Waals surface area contributed by atoms with E-state index in [1.165, 1.54) is 10.4 Å². The molecular formula is C27H42O3Si2. The van der Waals surface area contributed by atoms with Gasteiger partial charge in [-0.05, 0) is 40.5 Å². The lowest BCUT2D eigenvalue weighted by Crippen LogP contribution is -2.68. The Balaban J connectivity index is 2.46. The van der Waals surface area contributed by atoms with Gasteiger partial charge in [-0.1, -0.05) is 102 Å². The summed E-state index contributed by atoms with van der Waals surface area (Å²) < 4.78 is 13.5. The SMILES string of the molecule is CC(=O)C(CCO[Si](C)(C)C(C)(C)C)O[Si](c1ccccc1)(c1ccccc1)C(C)(C)C. The number of hydrogen-bond donors (Lipinski definition) is 0. The minimum atomic E-state index is -2.77. The van der Waals surface area contributed by atoms with E-state index < -0.39 is 22.7 Å². The molecule has 0 saturated carbocycles. The molecule has 0 bridgehead atoms. The third kappa shape index (κ3) is 5.87. The van der Waals surface area contributed by atoms with E-state index in [0.29, 0.717) is 13.0 Å². The van der Waals surface area contributed by atoms with Gasteiger partial charge in [0.1, 0.15) is 6.10 Å². The van der Waals surface area contributed by atoms with Crippen LogP contribution in [0.25, 0.3) is 0 Å². The molecule has 2 aromatic carbocycles. The summed E-state index contributed by atoms with van der Waals surface area (Å²) in [5.41, 5.74) is 0. The van der Waals surface area contributed by atoms with Gasteiger partial charge < -0.3 is 8.85 Å². The molecular weight excluding hydrogens is 428 g/mol. The highest BCUT2D eigenvalue weighted by Gasteiger charge is 2.52. The van der Waals surface area contributed by atoms with E-state index in [9.17, 15) is 4.79 Å². The summed E-state index contributed by atoms with van der Waals surface area (Å²) in [6.45, 7) is 20.1. The Kier molecular flexibility index (Phi) is 8.48. The van der Waals surface area contributed by atoms with Gasteiger partial charge in [-0.25, -0.2) is 0 Å². The minimum absolute atomic E-state index is 0.0665. The van der Waals surface area contributed by atoms with E-state index in [0.717, 1.165) is 0 Å². The Labute approximate surface area is 197 Å². The van der Waals surface area contributed by atoms with Crippen LogP contribution in [0.15, 0.2) is 60.7 Å². The van der Waals surface area contributed by atoms with Gasteiger partial charge in [-0.3, -0.25) is 4.79 Å². The molecule has 2 rings (SSSR count). The van der Waals surface area contributed by atoms with Gasteiger partial charge in [-0.15, -0.1) is 0 Å². The first-order valence-corrected chi connectivity index (χ1v) is 16.5. The van der Waals surface area contributed by atoms with E-state index in [1.807, 2.05) is 12.1 Å². The van der Waals surface area contributed by atoms with Crippen LogP contribution in [0.2, 0.25) is 23.2 Å². The van der Waals surface area contributed by atoms with Gasteiger partial charge >= 0.3 is 0 Å². The summed E-state index contributed by atoms with van der Waals surface area (Å²) in [5, 5.41) is 2.35. The zero-order valence-electron chi connectivity index (χ0n) is 21.5. The third-order valence-corrected chi connectivity index (χ3v) is 16.4. The molecule has 0 saturated heterocycles. The highest BCUT2D eigenvalue weighted by Crippen LogP contribution is 2.39. The molecule has 2 aromatic rings. The molecule has 0 aliphatic carbocycles. The molecule has 1 atom stereocenters. The van der Waals surface area contributed by atoms with Crippen molar-refractivity contribution in [3.8, 4) is 0 Å². The van der Waals surface area contributed by atoms with Crippen molar-refractivity contribution >= 4 is 32.8 Å². The van der Waals surface area contributed by atoms with Crippen LogP contribution in [0.1, 0.15) is 54.9 Å². The van der Waals surface area contributed by atoms with Gasteiger partial charge in [0.15, 0.2) is 14.1 Å². The Bertz CT molecular complexity index is 826. The summed E-state index contributed by atoms with van der Waals surface area (Å²) in [6.07, 6.45) is 0.0814. The Morgan fingerprint density at radius 3 is 1.59 bits per heavy atom. The summed E-state index contributed by atoms with van der Waals surface area (Å²) in [6, 6.07) is 21.0. The highest BCUT2D eigenvalue weighted by atomic mass is 28.4. The summed E-state index contributed by atoms with van der Waals surface area (Å²) in [4.78, 5) is 12.8. The maximum absolute atomic E-state index is 12.8. The lowest BCUT2D eigenvalue weighted by molar-refractivity contribution is -0.124. The number of carbonyl (C=O) groups is 1. The molecule has 0 N–H and O–H groups in total. The number of ketones is 1. The fraction of sp³-hybridized carbons (Fsp3) is 0.519. The second-order valence-electron chi connectivity index (χ2n) is 11.3. The molecule has 1 unspecified atom stereocenters. The van der Waals surface area contributed by atoms with Crippen LogP contribution in [-0.4, -0.2) is 35.1 Å². The standard InChI is InChI=1S/C27H42O3Si2/c1-22(28)25(20-21-29-31(8,9)26(2,3)4)30-32(27(5,6)7,23-16-12-10-13-17-23)24-18-14-11-15-19-24/h10-19,25H,20-21H2,1-9H3. The van der Waals surface area contributed by atoms with Gasteiger partial charge in [0.2, 0.25) is 0 Å². The van der Waals surface area contributed by atoms with Gasteiger partial charge in [0, 0.05) is 13.0 Å². The number of benzene rings is 2. The van der Waals surface area contributed by atoms with Crippen molar-refractivity contribution in [2.45, 2.75) is 84.2 Å². The number of hydrogen-bond acceptors (Lipinski definition) is 3. The zero-order valence-corrected chi connectivity index (χ0v) is 23.5. The average Bonchev–Trinajstić information content (AvgIpc) is 2.70. The molecule has 5 heteroatoms. The highest BCUT2D eigenvalue weighted by molar-refractivity contribution is 6.99. The molecule has 0 fully saturated rings. The predicted octanol–water partition coefficient (Wildman–Crippen LogP) is 5.93. The predicted molar refractivity (Wildman–Crippen MR) is 141 cm³/mol. The second-order valence-corrected chi connectivity index (χ2v) is 20.3. The van der Waals surface area contributed by atoms with Crippen molar-refractivity contribution in [1.82, 2.24) is 0 Å².